The number of sulfonamides is 1. The largest absolute Gasteiger partial charge is 0.465 e. The van der Waals surface area contributed by atoms with Gasteiger partial charge in [0.05, 0.1) is 19.0 Å². The number of aromatic nitrogens is 2. The van der Waals surface area contributed by atoms with Gasteiger partial charge in [-0.15, -0.1) is 0 Å². The lowest BCUT2D eigenvalue weighted by atomic mass is 10.2. The molecule has 1 aromatic heterocycles. The number of carbonyl (C=O) groups is 1. The van der Waals surface area contributed by atoms with E-state index in [1.807, 2.05) is 0 Å². The lowest BCUT2D eigenvalue weighted by Gasteiger charge is -2.08. The quantitative estimate of drug-likeness (QED) is 0.832. The molecule has 0 unspecified atom stereocenters. The summed E-state index contributed by atoms with van der Waals surface area (Å²) in [5.74, 6) is -1.40. The minimum Gasteiger partial charge on any atom is -0.465 e. The van der Waals surface area contributed by atoms with E-state index in [1.54, 1.807) is 6.92 Å². The average Bonchev–Trinajstić information content (AvgIpc) is 2.92. The standard InChI is InChI=1S/C12H12FN3O4S/c1-7-3-4-8(5-10(7)13)16-21(18,19)11-9(6-14-15-11)12(17)20-2/h3-6,16H,1-2H3,(H,14,15). The topological polar surface area (TPSA) is 101 Å². The molecule has 0 aliphatic carbocycles. The van der Waals surface area contributed by atoms with Crippen LogP contribution in [0.15, 0.2) is 29.4 Å². The van der Waals surface area contributed by atoms with Crippen molar-refractivity contribution in [2.45, 2.75) is 11.9 Å². The Labute approximate surface area is 120 Å². The van der Waals surface area contributed by atoms with Crippen molar-refractivity contribution in [3.05, 3.63) is 41.3 Å². The minimum atomic E-state index is -4.12. The van der Waals surface area contributed by atoms with Crippen molar-refractivity contribution in [3.8, 4) is 0 Å². The summed E-state index contributed by atoms with van der Waals surface area (Å²) in [5.41, 5.74) is 0.177. The van der Waals surface area contributed by atoms with E-state index in [1.165, 1.54) is 12.1 Å². The number of aromatic amines is 1. The van der Waals surface area contributed by atoms with Crippen LogP contribution in [0.1, 0.15) is 15.9 Å². The van der Waals surface area contributed by atoms with E-state index in [-0.39, 0.29) is 11.3 Å². The first-order valence-corrected chi connectivity index (χ1v) is 7.24. The van der Waals surface area contributed by atoms with Crippen LogP contribution in [0.2, 0.25) is 0 Å². The molecule has 2 aromatic rings. The van der Waals surface area contributed by atoms with Gasteiger partial charge >= 0.3 is 5.97 Å². The summed E-state index contributed by atoms with van der Waals surface area (Å²) >= 11 is 0. The van der Waals surface area contributed by atoms with Gasteiger partial charge in [0, 0.05) is 0 Å². The fourth-order valence-corrected chi connectivity index (χ4v) is 2.73. The molecule has 2 N–H and O–H groups in total. The van der Waals surface area contributed by atoms with Crippen LogP contribution in [0.4, 0.5) is 10.1 Å². The molecule has 0 saturated heterocycles. The molecule has 0 spiro atoms. The van der Waals surface area contributed by atoms with Crippen LogP contribution in [-0.4, -0.2) is 31.7 Å². The Morgan fingerprint density at radius 1 is 1.43 bits per heavy atom. The lowest BCUT2D eigenvalue weighted by molar-refractivity contribution is 0.0596. The molecule has 0 amide bonds. The Bertz CT molecular complexity index is 786. The molecule has 1 aromatic carbocycles. The lowest BCUT2D eigenvalue weighted by Crippen LogP contribution is -2.17. The third-order valence-corrected chi connectivity index (χ3v) is 4.06. The molecular weight excluding hydrogens is 301 g/mol. The number of benzene rings is 1. The molecule has 0 saturated carbocycles. The number of aryl methyl sites for hydroxylation is 1. The first kappa shape index (κ1) is 15.0. The monoisotopic (exact) mass is 313 g/mol. The van der Waals surface area contributed by atoms with Gasteiger partial charge in [0.2, 0.25) is 0 Å². The fraction of sp³-hybridized carbons (Fsp3) is 0.167. The van der Waals surface area contributed by atoms with Gasteiger partial charge in [-0.05, 0) is 24.6 Å². The summed E-state index contributed by atoms with van der Waals surface area (Å²) < 4.78 is 44.4. The van der Waals surface area contributed by atoms with Crippen molar-refractivity contribution in [2.75, 3.05) is 11.8 Å². The van der Waals surface area contributed by atoms with E-state index in [4.69, 9.17) is 0 Å². The zero-order valence-electron chi connectivity index (χ0n) is 11.2. The molecule has 112 valence electrons. The Balaban J connectivity index is 2.37. The molecule has 0 aliphatic heterocycles. The predicted molar refractivity (Wildman–Crippen MR) is 71.9 cm³/mol. The van der Waals surface area contributed by atoms with Crippen LogP contribution in [0.5, 0.6) is 0 Å². The molecule has 0 radical (unpaired) electrons. The Morgan fingerprint density at radius 2 is 2.14 bits per heavy atom. The van der Waals surface area contributed by atoms with E-state index in [0.29, 0.717) is 5.56 Å². The molecule has 0 fully saturated rings. The Kier molecular flexibility index (Phi) is 3.94. The molecule has 1 heterocycles. The highest BCUT2D eigenvalue weighted by atomic mass is 32.2. The second kappa shape index (κ2) is 5.52. The smallest absolute Gasteiger partial charge is 0.342 e. The molecule has 0 atom stereocenters. The molecule has 7 nitrogen and oxygen atoms in total. The number of anilines is 1. The van der Waals surface area contributed by atoms with Crippen LogP contribution in [0.3, 0.4) is 0 Å². The maximum absolute atomic E-state index is 13.4. The van der Waals surface area contributed by atoms with Crippen LogP contribution >= 0.6 is 0 Å². The number of methoxy groups -OCH3 is 1. The maximum Gasteiger partial charge on any atom is 0.342 e. The number of carbonyl (C=O) groups excluding carboxylic acids is 1. The second-order valence-corrected chi connectivity index (χ2v) is 5.79. The predicted octanol–water partition coefficient (Wildman–Crippen LogP) is 1.44. The summed E-state index contributed by atoms with van der Waals surface area (Å²) in [4.78, 5) is 11.5. The summed E-state index contributed by atoms with van der Waals surface area (Å²) in [6, 6.07) is 3.88. The van der Waals surface area contributed by atoms with Gasteiger partial charge in [-0.3, -0.25) is 9.82 Å². The maximum atomic E-state index is 13.4. The highest BCUT2D eigenvalue weighted by Crippen LogP contribution is 2.20. The zero-order valence-corrected chi connectivity index (χ0v) is 12.0. The number of halogens is 1. The van der Waals surface area contributed by atoms with Gasteiger partial charge in [0.15, 0.2) is 5.03 Å². The number of rotatable bonds is 4. The Hall–Kier alpha value is -2.42. The summed E-state index contributed by atoms with van der Waals surface area (Å²) in [6.45, 7) is 1.55. The number of H-pyrrole nitrogens is 1. The SMILES string of the molecule is COC(=O)c1cn[nH]c1S(=O)(=O)Nc1ccc(C)c(F)c1. The highest BCUT2D eigenvalue weighted by molar-refractivity contribution is 7.92. The van der Waals surface area contributed by atoms with Crippen molar-refractivity contribution in [2.24, 2.45) is 0 Å². The molecule has 21 heavy (non-hydrogen) atoms. The van der Waals surface area contributed by atoms with Gasteiger partial charge < -0.3 is 4.74 Å². The van der Waals surface area contributed by atoms with Crippen molar-refractivity contribution < 1.29 is 22.3 Å². The number of nitrogens with zero attached hydrogens (tertiary/aromatic N) is 1. The summed E-state index contributed by atoms with van der Waals surface area (Å²) in [5, 5.41) is 5.28. The third kappa shape index (κ3) is 3.02. The summed E-state index contributed by atoms with van der Waals surface area (Å²) in [6.07, 6.45) is 1.04. The number of hydrogen-bond donors (Lipinski definition) is 2. The number of nitrogens with one attached hydrogen (secondary N) is 2. The summed E-state index contributed by atoms with van der Waals surface area (Å²) in [7, 11) is -3.00. The number of hydrogen-bond acceptors (Lipinski definition) is 5. The van der Waals surface area contributed by atoms with E-state index in [2.05, 4.69) is 19.7 Å². The zero-order chi connectivity index (χ0) is 15.6. The van der Waals surface area contributed by atoms with Crippen molar-refractivity contribution >= 4 is 21.7 Å². The Morgan fingerprint density at radius 3 is 2.76 bits per heavy atom. The van der Waals surface area contributed by atoms with Gasteiger partial charge in [-0.25, -0.2) is 9.18 Å². The van der Waals surface area contributed by atoms with E-state index >= 15 is 0 Å². The average molecular weight is 313 g/mol. The van der Waals surface area contributed by atoms with Crippen LogP contribution in [0.25, 0.3) is 0 Å². The van der Waals surface area contributed by atoms with Gasteiger partial charge in [0.25, 0.3) is 10.0 Å². The number of esters is 1. The first-order chi connectivity index (χ1) is 9.85. The highest BCUT2D eigenvalue weighted by Gasteiger charge is 2.25. The van der Waals surface area contributed by atoms with Gasteiger partial charge in [-0.1, -0.05) is 6.07 Å². The van der Waals surface area contributed by atoms with Crippen molar-refractivity contribution in [1.82, 2.24) is 10.2 Å². The number of ether oxygens (including phenoxy) is 1. The van der Waals surface area contributed by atoms with Gasteiger partial charge in [0.1, 0.15) is 11.4 Å². The third-order valence-electron chi connectivity index (χ3n) is 2.70. The minimum absolute atomic E-state index is 0.0310. The normalized spacial score (nSPS) is 11.2. The molecule has 9 heteroatoms. The van der Waals surface area contributed by atoms with Crippen molar-refractivity contribution in [1.29, 1.82) is 0 Å². The van der Waals surface area contributed by atoms with Crippen LogP contribution in [0, 0.1) is 12.7 Å². The first-order valence-electron chi connectivity index (χ1n) is 5.76. The van der Waals surface area contributed by atoms with E-state index in [0.717, 1.165) is 19.4 Å². The molecule has 2 rings (SSSR count). The van der Waals surface area contributed by atoms with E-state index < -0.39 is 26.8 Å². The van der Waals surface area contributed by atoms with Crippen LogP contribution in [-0.2, 0) is 14.8 Å². The van der Waals surface area contributed by atoms with Crippen LogP contribution < -0.4 is 4.72 Å². The van der Waals surface area contributed by atoms with E-state index in [9.17, 15) is 17.6 Å². The molecule has 0 aliphatic rings. The molecular formula is C12H12FN3O4S. The van der Waals surface area contributed by atoms with Gasteiger partial charge in [-0.2, -0.15) is 13.5 Å². The van der Waals surface area contributed by atoms with Crippen molar-refractivity contribution in [3.63, 3.8) is 0 Å². The second-order valence-electron chi connectivity index (χ2n) is 4.17. The fourth-order valence-electron chi connectivity index (χ4n) is 1.60. The molecule has 0 bridgehead atoms.